The minimum absolute atomic E-state index is 0.167. The minimum atomic E-state index is -0.656. The normalized spacial score (nSPS) is 31.3. The van der Waals surface area contributed by atoms with E-state index in [1.165, 1.54) is 11.1 Å². The van der Waals surface area contributed by atoms with Crippen molar-refractivity contribution < 1.29 is 5.11 Å². The Morgan fingerprint density at radius 3 is 2.50 bits per heavy atom. The third-order valence-corrected chi connectivity index (χ3v) is 3.08. The summed E-state index contributed by atoms with van der Waals surface area (Å²) in [5.74, 6) is 0. The highest BCUT2D eigenvalue weighted by atomic mass is 16.3. The first-order valence-electron chi connectivity index (χ1n) is 5.07. The van der Waals surface area contributed by atoms with Gasteiger partial charge in [-0.25, -0.2) is 0 Å². The molecule has 1 saturated carbocycles. The van der Waals surface area contributed by atoms with Crippen LogP contribution in [0.15, 0.2) is 18.2 Å². The Kier molecular flexibility index (Phi) is 2.13. The van der Waals surface area contributed by atoms with Gasteiger partial charge in [0.2, 0.25) is 0 Å². The molecule has 0 aromatic heterocycles. The van der Waals surface area contributed by atoms with Crippen LogP contribution in [0, 0.1) is 13.8 Å². The average molecular weight is 191 g/mol. The third kappa shape index (κ3) is 1.45. The molecule has 2 rings (SSSR count). The first kappa shape index (κ1) is 9.69. The smallest absolute Gasteiger partial charge is 0.0928 e. The highest BCUT2D eigenvalue weighted by Crippen LogP contribution is 2.41. The molecule has 0 aliphatic heterocycles. The fourth-order valence-corrected chi connectivity index (χ4v) is 2.36. The second-order valence-corrected chi connectivity index (χ2v) is 4.52. The molecule has 2 heteroatoms. The lowest BCUT2D eigenvalue weighted by atomic mass is 9.70. The van der Waals surface area contributed by atoms with E-state index in [0.717, 1.165) is 5.56 Å². The van der Waals surface area contributed by atoms with Crippen molar-refractivity contribution in [1.29, 1.82) is 0 Å². The van der Waals surface area contributed by atoms with Crippen molar-refractivity contribution in [3.8, 4) is 0 Å². The number of aliphatic hydroxyl groups is 1. The number of rotatable bonds is 1. The van der Waals surface area contributed by atoms with Gasteiger partial charge in [0.15, 0.2) is 0 Å². The van der Waals surface area contributed by atoms with Gasteiger partial charge in [0, 0.05) is 6.04 Å². The Morgan fingerprint density at radius 2 is 2.00 bits per heavy atom. The van der Waals surface area contributed by atoms with E-state index < -0.39 is 5.60 Å². The van der Waals surface area contributed by atoms with Crippen LogP contribution in [0.4, 0.5) is 0 Å². The molecule has 0 unspecified atom stereocenters. The SMILES string of the molecule is Cc1ccc(C2(O)CC(N)C2)c(C)c1. The van der Waals surface area contributed by atoms with Gasteiger partial charge >= 0.3 is 0 Å². The second kappa shape index (κ2) is 3.07. The molecule has 2 nitrogen and oxygen atoms in total. The van der Waals surface area contributed by atoms with Gasteiger partial charge < -0.3 is 10.8 Å². The van der Waals surface area contributed by atoms with Crippen molar-refractivity contribution in [2.24, 2.45) is 5.73 Å². The standard InChI is InChI=1S/C12H17NO/c1-8-3-4-11(9(2)5-8)12(14)6-10(13)7-12/h3-5,10,14H,6-7,13H2,1-2H3. The van der Waals surface area contributed by atoms with E-state index in [0.29, 0.717) is 12.8 Å². The van der Waals surface area contributed by atoms with Crippen molar-refractivity contribution >= 4 is 0 Å². The highest BCUT2D eigenvalue weighted by Gasteiger charge is 2.42. The maximum atomic E-state index is 10.2. The molecule has 3 N–H and O–H groups in total. The van der Waals surface area contributed by atoms with Crippen molar-refractivity contribution in [2.45, 2.75) is 38.3 Å². The number of nitrogens with two attached hydrogens (primary N) is 1. The van der Waals surface area contributed by atoms with Crippen LogP contribution in [-0.2, 0) is 5.60 Å². The summed E-state index contributed by atoms with van der Waals surface area (Å²) >= 11 is 0. The maximum Gasteiger partial charge on any atom is 0.0928 e. The number of hydrogen-bond donors (Lipinski definition) is 2. The molecule has 1 fully saturated rings. The summed E-state index contributed by atoms with van der Waals surface area (Å²) in [6, 6.07) is 6.35. The zero-order valence-electron chi connectivity index (χ0n) is 8.75. The average Bonchev–Trinajstić information content (AvgIpc) is 2.00. The predicted molar refractivity (Wildman–Crippen MR) is 57.0 cm³/mol. The van der Waals surface area contributed by atoms with Crippen LogP contribution in [0.2, 0.25) is 0 Å². The molecule has 1 aromatic rings. The Balaban J connectivity index is 2.33. The summed E-state index contributed by atoms with van der Waals surface area (Å²) in [4.78, 5) is 0. The molecule has 0 amide bonds. The van der Waals surface area contributed by atoms with Gasteiger partial charge in [-0.2, -0.15) is 0 Å². The lowest BCUT2D eigenvalue weighted by Gasteiger charge is -2.43. The van der Waals surface area contributed by atoms with Crippen molar-refractivity contribution in [3.05, 3.63) is 34.9 Å². The van der Waals surface area contributed by atoms with Gasteiger partial charge in [-0.3, -0.25) is 0 Å². The molecule has 1 aliphatic rings. The van der Waals surface area contributed by atoms with Crippen LogP contribution < -0.4 is 5.73 Å². The van der Waals surface area contributed by atoms with Crippen molar-refractivity contribution in [2.75, 3.05) is 0 Å². The van der Waals surface area contributed by atoms with E-state index in [9.17, 15) is 5.11 Å². The van der Waals surface area contributed by atoms with E-state index in [2.05, 4.69) is 13.0 Å². The summed E-state index contributed by atoms with van der Waals surface area (Å²) in [5, 5.41) is 10.2. The molecule has 0 radical (unpaired) electrons. The topological polar surface area (TPSA) is 46.2 Å². The van der Waals surface area contributed by atoms with E-state index in [1.807, 2.05) is 19.1 Å². The predicted octanol–water partition coefficient (Wildman–Crippen LogP) is 1.61. The fourth-order valence-electron chi connectivity index (χ4n) is 2.36. The molecule has 0 saturated heterocycles. The molecular formula is C12H17NO. The molecule has 14 heavy (non-hydrogen) atoms. The van der Waals surface area contributed by atoms with E-state index in [-0.39, 0.29) is 6.04 Å². The number of benzene rings is 1. The Morgan fingerprint density at radius 1 is 1.36 bits per heavy atom. The lowest BCUT2D eigenvalue weighted by molar-refractivity contribution is -0.0527. The van der Waals surface area contributed by atoms with Gasteiger partial charge in [0.05, 0.1) is 5.60 Å². The van der Waals surface area contributed by atoms with Crippen LogP contribution in [0.1, 0.15) is 29.5 Å². The van der Waals surface area contributed by atoms with Gasteiger partial charge in [0.25, 0.3) is 0 Å². The molecule has 76 valence electrons. The molecule has 1 aromatic carbocycles. The molecule has 1 aliphatic carbocycles. The van der Waals surface area contributed by atoms with E-state index in [1.54, 1.807) is 0 Å². The summed E-state index contributed by atoms with van der Waals surface area (Å²) in [6.07, 6.45) is 1.38. The minimum Gasteiger partial charge on any atom is -0.385 e. The first-order chi connectivity index (χ1) is 6.51. The molecule has 0 atom stereocenters. The van der Waals surface area contributed by atoms with Gasteiger partial charge in [0.1, 0.15) is 0 Å². The summed E-state index contributed by atoms with van der Waals surface area (Å²) in [5.41, 5.74) is 8.50. The summed E-state index contributed by atoms with van der Waals surface area (Å²) < 4.78 is 0. The van der Waals surface area contributed by atoms with E-state index in [4.69, 9.17) is 5.73 Å². The zero-order valence-corrected chi connectivity index (χ0v) is 8.75. The number of hydrogen-bond acceptors (Lipinski definition) is 2. The summed E-state index contributed by atoms with van der Waals surface area (Å²) in [7, 11) is 0. The van der Waals surface area contributed by atoms with Crippen LogP contribution in [0.25, 0.3) is 0 Å². The molecule has 0 spiro atoms. The van der Waals surface area contributed by atoms with Gasteiger partial charge in [-0.15, -0.1) is 0 Å². The van der Waals surface area contributed by atoms with Crippen LogP contribution in [0.3, 0.4) is 0 Å². The molecular weight excluding hydrogens is 174 g/mol. The molecule has 0 heterocycles. The van der Waals surface area contributed by atoms with Crippen molar-refractivity contribution in [3.63, 3.8) is 0 Å². The highest BCUT2D eigenvalue weighted by molar-refractivity contribution is 5.36. The van der Waals surface area contributed by atoms with Crippen molar-refractivity contribution in [1.82, 2.24) is 0 Å². The maximum absolute atomic E-state index is 10.2. The van der Waals surface area contributed by atoms with Gasteiger partial charge in [-0.05, 0) is 37.8 Å². The Labute approximate surface area is 84.7 Å². The Bertz CT molecular complexity index is 353. The number of aryl methyl sites for hydroxylation is 2. The fraction of sp³-hybridized carbons (Fsp3) is 0.500. The van der Waals surface area contributed by atoms with Crippen LogP contribution in [0.5, 0.6) is 0 Å². The van der Waals surface area contributed by atoms with E-state index >= 15 is 0 Å². The summed E-state index contributed by atoms with van der Waals surface area (Å²) in [6.45, 7) is 4.11. The quantitative estimate of drug-likeness (QED) is 0.708. The Hall–Kier alpha value is -0.860. The monoisotopic (exact) mass is 191 g/mol. The van der Waals surface area contributed by atoms with Crippen LogP contribution >= 0.6 is 0 Å². The first-order valence-corrected chi connectivity index (χ1v) is 5.07. The zero-order chi connectivity index (χ0) is 10.3. The van der Waals surface area contributed by atoms with Crippen LogP contribution in [-0.4, -0.2) is 11.1 Å². The lowest BCUT2D eigenvalue weighted by Crippen LogP contribution is -2.49. The van der Waals surface area contributed by atoms with Gasteiger partial charge in [-0.1, -0.05) is 23.8 Å². The third-order valence-electron chi connectivity index (χ3n) is 3.08. The second-order valence-electron chi connectivity index (χ2n) is 4.52. The largest absolute Gasteiger partial charge is 0.385 e. The molecule has 0 bridgehead atoms.